The highest BCUT2D eigenvalue weighted by Crippen LogP contribution is 2.33. The molecular weight excluding hydrogens is 210 g/mol. The third-order valence-corrected chi connectivity index (χ3v) is 5.64. The molecule has 0 amide bonds. The lowest BCUT2D eigenvalue weighted by atomic mass is 10.2. The average Bonchev–Trinajstić information content (AvgIpc) is 2.98. The predicted octanol–water partition coefficient (Wildman–Crippen LogP) is 1.59. The molecule has 1 saturated carbocycles. The van der Waals surface area contributed by atoms with Gasteiger partial charge in [-0.05, 0) is 38.6 Å². The molecule has 1 N–H and O–H groups in total. The van der Waals surface area contributed by atoms with Gasteiger partial charge in [-0.2, -0.15) is 0 Å². The molecule has 0 saturated heterocycles. The van der Waals surface area contributed by atoms with Crippen molar-refractivity contribution >= 4 is 9.84 Å². The van der Waals surface area contributed by atoms with E-state index in [1.54, 1.807) is 0 Å². The molecule has 0 spiro atoms. The van der Waals surface area contributed by atoms with E-state index < -0.39 is 9.84 Å². The van der Waals surface area contributed by atoms with Crippen molar-refractivity contribution in [2.24, 2.45) is 5.92 Å². The highest BCUT2D eigenvalue weighted by Gasteiger charge is 2.34. The van der Waals surface area contributed by atoms with Crippen LogP contribution in [-0.2, 0) is 9.84 Å². The van der Waals surface area contributed by atoms with Crippen LogP contribution in [0.2, 0.25) is 0 Å². The van der Waals surface area contributed by atoms with Crippen LogP contribution in [0.1, 0.15) is 40.0 Å². The molecule has 1 fully saturated rings. The zero-order valence-electron chi connectivity index (χ0n) is 9.99. The van der Waals surface area contributed by atoms with E-state index >= 15 is 0 Å². The first kappa shape index (κ1) is 13.0. The fraction of sp³-hybridized carbons (Fsp3) is 1.00. The lowest BCUT2D eigenvalue weighted by molar-refractivity contribution is 0.498. The molecule has 90 valence electrons. The van der Waals surface area contributed by atoms with E-state index in [4.69, 9.17) is 0 Å². The second-order valence-electron chi connectivity index (χ2n) is 4.55. The Labute approximate surface area is 93.6 Å². The van der Waals surface area contributed by atoms with Crippen LogP contribution in [-0.4, -0.2) is 32.0 Å². The topological polar surface area (TPSA) is 46.2 Å². The highest BCUT2D eigenvalue weighted by atomic mass is 32.2. The molecule has 1 aliphatic rings. The number of hydrogen-bond acceptors (Lipinski definition) is 3. The zero-order valence-corrected chi connectivity index (χ0v) is 10.8. The Hall–Kier alpha value is -0.0900. The van der Waals surface area contributed by atoms with Gasteiger partial charge in [-0.1, -0.05) is 13.8 Å². The lowest BCUT2D eigenvalue weighted by Crippen LogP contribution is -2.39. The first-order chi connectivity index (χ1) is 7.01. The molecule has 0 aromatic carbocycles. The van der Waals surface area contributed by atoms with Gasteiger partial charge in [0.25, 0.3) is 0 Å². The molecule has 2 unspecified atom stereocenters. The van der Waals surface area contributed by atoms with Crippen molar-refractivity contribution in [3.05, 3.63) is 0 Å². The Morgan fingerprint density at radius 1 is 1.33 bits per heavy atom. The summed E-state index contributed by atoms with van der Waals surface area (Å²) in [5, 5.41) is 3.10. The summed E-state index contributed by atoms with van der Waals surface area (Å²) in [7, 11) is -2.90. The average molecular weight is 233 g/mol. The second-order valence-corrected chi connectivity index (χ2v) is 7.01. The molecule has 0 radical (unpaired) electrons. The normalized spacial score (nSPS) is 21.3. The summed E-state index contributed by atoms with van der Waals surface area (Å²) in [4.78, 5) is 0. The van der Waals surface area contributed by atoms with Crippen LogP contribution in [0.25, 0.3) is 0 Å². The fourth-order valence-corrected chi connectivity index (χ4v) is 3.52. The highest BCUT2D eigenvalue weighted by molar-refractivity contribution is 7.92. The van der Waals surface area contributed by atoms with Crippen LogP contribution in [0.5, 0.6) is 0 Å². The molecule has 4 heteroatoms. The van der Waals surface area contributed by atoms with Gasteiger partial charge in [0.2, 0.25) is 0 Å². The number of nitrogens with one attached hydrogen (secondary N) is 1. The van der Waals surface area contributed by atoms with E-state index in [0.717, 1.165) is 6.54 Å². The van der Waals surface area contributed by atoms with Crippen molar-refractivity contribution in [3.8, 4) is 0 Å². The van der Waals surface area contributed by atoms with Crippen LogP contribution in [0.4, 0.5) is 0 Å². The molecule has 0 aromatic rings. The lowest BCUT2D eigenvalue weighted by Gasteiger charge is -2.19. The summed E-state index contributed by atoms with van der Waals surface area (Å²) in [6.07, 6.45) is 3.09. The van der Waals surface area contributed by atoms with Crippen molar-refractivity contribution in [3.63, 3.8) is 0 Å². The first-order valence-corrected chi connectivity index (χ1v) is 7.67. The molecule has 1 rings (SSSR count). The van der Waals surface area contributed by atoms with E-state index in [1.807, 2.05) is 20.8 Å². The van der Waals surface area contributed by atoms with Gasteiger partial charge in [-0.3, -0.25) is 0 Å². The second kappa shape index (κ2) is 5.30. The number of sulfone groups is 1. The quantitative estimate of drug-likeness (QED) is 0.726. The van der Waals surface area contributed by atoms with E-state index in [1.165, 1.54) is 12.8 Å². The van der Waals surface area contributed by atoms with Gasteiger partial charge < -0.3 is 5.32 Å². The Morgan fingerprint density at radius 3 is 2.33 bits per heavy atom. The van der Waals surface area contributed by atoms with Crippen LogP contribution >= 0.6 is 0 Å². The standard InChI is InChI=1S/C11H23NO2S/c1-4-9(3)15(13,14)8-11(12-5-2)10-6-7-10/h9-12H,4-8H2,1-3H3. The summed E-state index contributed by atoms with van der Waals surface area (Å²) in [5.74, 6) is 0.921. The summed E-state index contributed by atoms with van der Waals surface area (Å²) in [5.41, 5.74) is 0. The Balaban J connectivity index is 2.56. The third kappa shape index (κ3) is 3.76. The van der Waals surface area contributed by atoms with Crippen LogP contribution in [0.3, 0.4) is 0 Å². The van der Waals surface area contributed by atoms with E-state index in [-0.39, 0.29) is 11.3 Å². The van der Waals surface area contributed by atoms with Gasteiger partial charge in [0.15, 0.2) is 9.84 Å². The number of hydrogen-bond donors (Lipinski definition) is 1. The molecule has 2 atom stereocenters. The van der Waals surface area contributed by atoms with E-state index in [2.05, 4.69) is 5.32 Å². The van der Waals surface area contributed by atoms with Crippen LogP contribution in [0.15, 0.2) is 0 Å². The molecule has 1 aliphatic carbocycles. The molecule has 0 heterocycles. The minimum atomic E-state index is -2.90. The van der Waals surface area contributed by atoms with Gasteiger partial charge in [0.1, 0.15) is 0 Å². The molecular formula is C11H23NO2S. The minimum Gasteiger partial charge on any atom is -0.313 e. The summed E-state index contributed by atoms with van der Waals surface area (Å²) in [6, 6.07) is 0.189. The molecule has 0 aromatic heterocycles. The summed E-state index contributed by atoms with van der Waals surface area (Å²) in [6.45, 7) is 6.63. The van der Waals surface area contributed by atoms with Crippen molar-refractivity contribution in [2.45, 2.75) is 51.3 Å². The minimum absolute atomic E-state index is 0.189. The SMILES string of the molecule is CCNC(CS(=O)(=O)C(C)CC)C1CC1. The largest absolute Gasteiger partial charge is 0.313 e. The Bertz CT molecular complexity index is 283. The molecule has 15 heavy (non-hydrogen) atoms. The van der Waals surface area contributed by atoms with Gasteiger partial charge in [-0.15, -0.1) is 0 Å². The van der Waals surface area contributed by atoms with Crippen LogP contribution < -0.4 is 5.32 Å². The maximum absolute atomic E-state index is 11.9. The zero-order chi connectivity index (χ0) is 11.5. The van der Waals surface area contributed by atoms with Crippen molar-refractivity contribution in [1.29, 1.82) is 0 Å². The Kier molecular flexibility index (Phi) is 4.59. The monoisotopic (exact) mass is 233 g/mol. The summed E-state index contributed by atoms with van der Waals surface area (Å²) < 4.78 is 23.9. The molecule has 0 bridgehead atoms. The van der Waals surface area contributed by atoms with Gasteiger partial charge >= 0.3 is 0 Å². The maximum Gasteiger partial charge on any atom is 0.154 e. The van der Waals surface area contributed by atoms with Crippen molar-refractivity contribution in [1.82, 2.24) is 5.32 Å². The van der Waals surface area contributed by atoms with Gasteiger partial charge in [-0.25, -0.2) is 8.42 Å². The van der Waals surface area contributed by atoms with Crippen LogP contribution in [0, 0.1) is 5.92 Å². The number of rotatable bonds is 7. The van der Waals surface area contributed by atoms with Crippen molar-refractivity contribution in [2.75, 3.05) is 12.3 Å². The van der Waals surface area contributed by atoms with Crippen molar-refractivity contribution < 1.29 is 8.42 Å². The van der Waals surface area contributed by atoms with E-state index in [0.29, 0.717) is 18.1 Å². The first-order valence-electron chi connectivity index (χ1n) is 5.96. The van der Waals surface area contributed by atoms with Gasteiger partial charge in [0, 0.05) is 6.04 Å². The molecule has 0 aliphatic heterocycles. The maximum atomic E-state index is 11.9. The Morgan fingerprint density at radius 2 is 1.93 bits per heavy atom. The third-order valence-electron chi connectivity index (χ3n) is 3.26. The summed E-state index contributed by atoms with van der Waals surface area (Å²) >= 11 is 0. The van der Waals surface area contributed by atoms with Gasteiger partial charge in [0.05, 0.1) is 11.0 Å². The predicted molar refractivity (Wildman–Crippen MR) is 63.7 cm³/mol. The van der Waals surface area contributed by atoms with E-state index in [9.17, 15) is 8.42 Å². The molecule has 3 nitrogen and oxygen atoms in total. The fourth-order valence-electron chi connectivity index (χ4n) is 1.79. The smallest absolute Gasteiger partial charge is 0.154 e.